The van der Waals surface area contributed by atoms with Crippen LogP contribution in [0.15, 0.2) is 28.7 Å². The van der Waals surface area contributed by atoms with E-state index in [4.69, 9.17) is 9.15 Å². The largest absolute Gasteiger partial charge is 0.434 e. The van der Waals surface area contributed by atoms with E-state index < -0.39 is 0 Å². The molecule has 0 saturated carbocycles. The summed E-state index contributed by atoms with van der Waals surface area (Å²) in [5.41, 5.74) is 1.40. The Kier molecular flexibility index (Phi) is 3.57. The Labute approximate surface area is 111 Å². The van der Waals surface area contributed by atoms with Crippen LogP contribution in [-0.4, -0.2) is 48.5 Å². The fourth-order valence-corrected chi connectivity index (χ4v) is 2.18. The molecule has 0 atom stereocenters. The fourth-order valence-electron chi connectivity index (χ4n) is 2.18. The molecule has 0 aliphatic carbocycles. The highest BCUT2D eigenvalue weighted by Gasteiger charge is 2.17. The van der Waals surface area contributed by atoms with E-state index in [-0.39, 0.29) is 11.7 Å². The summed E-state index contributed by atoms with van der Waals surface area (Å²) in [5, 5.41) is 0. The number of fused-ring (bicyclic) bond motifs is 1. The standard InChI is InChI=1S/C14H16N2O3/c17-12(5-6-16-7-9-18-10-8-16)14-15-11-3-1-2-4-13(11)19-14/h1-4H,5-10H2. The van der Waals surface area contributed by atoms with Crippen LogP contribution in [0.1, 0.15) is 17.1 Å². The molecule has 1 aromatic carbocycles. The van der Waals surface area contributed by atoms with Gasteiger partial charge >= 0.3 is 0 Å². The normalized spacial score (nSPS) is 16.8. The van der Waals surface area contributed by atoms with E-state index in [1.807, 2.05) is 24.3 Å². The molecular weight excluding hydrogens is 244 g/mol. The van der Waals surface area contributed by atoms with Crippen LogP contribution in [0.4, 0.5) is 0 Å². The number of hydrogen-bond acceptors (Lipinski definition) is 5. The maximum Gasteiger partial charge on any atom is 0.264 e. The van der Waals surface area contributed by atoms with Gasteiger partial charge in [-0.3, -0.25) is 9.69 Å². The number of ketones is 1. The van der Waals surface area contributed by atoms with E-state index in [1.165, 1.54) is 0 Å². The molecule has 1 aromatic heterocycles. The molecule has 2 heterocycles. The summed E-state index contributed by atoms with van der Waals surface area (Å²) in [6.45, 7) is 4.01. The van der Waals surface area contributed by atoms with Gasteiger partial charge in [0.25, 0.3) is 5.89 Å². The quantitative estimate of drug-likeness (QED) is 0.784. The first-order chi connectivity index (χ1) is 9.33. The molecule has 0 spiro atoms. The number of hydrogen-bond donors (Lipinski definition) is 0. The lowest BCUT2D eigenvalue weighted by molar-refractivity contribution is 0.0368. The van der Waals surface area contributed by atoms with E-state index >= 15 is 0 Å². The zero-order valence-corrected chi connectivity index (χ0v) is 10.7. The highest BCUT2D eigenvalue weighted by Crippen LogP contribution is 2.15. The van der Waals surface area contributed by atoms with Crippen molar-refractivity contribution in [2.45, 2.75) is 6.42 Å². The number of morpholine rings is 1. The Balaban J connectivity index is 1.63. The van der Waals surface area contributed by atoms with Crippen LogP contribution in [0.5, 0.6) is 0 Å². The second-order valence-electron chi connectivity index (χ2n) is 4.61. The molecule has 3 rings (SSSR count). The first-order valence-electron chi connectivity index (χ1n) is 6.52. The van der Waals surface area contributed by atoms with E-state index in [2.05, 4.69) is 9.88 Å². The van der Waals surface area contributed by atoms with Crippen LogP contribution in [0.3, 0.4) is 0 Å². The van der Waals surface area contributed by atoms with Crippen molar-refractivity contribution in [2.75, 3.05) is 32.8 Å². The molecule has 0 bridgehead atoms. The van der Waals surface area contributed by atoms with Gasteiger partial charge in [0.1, 0.15) is 5.52 Å². The zero-order chi connectivity index (χ0) is 13.1. The number of carbonyl (C=O) groups is 1. The molecule has 0 unspecified atom stereocenters. The summed E-state index contributed by atoms with van der Waals surface area (Å²) < 4.78 is 10.7. The van der Waals surface area contributed by atoms with Crippen molar-refractivity contribution in [3.8, 4) is 0 Å². The predicted octanol–water partition coefficient (Wildman–Crippen LogP) is 1.73. The molecule has 0 N–H and O–H groups in total. The maximum absolute atomic E-state index is 12.0. The van der Waals surface area contributed by atoms with Crippen molar-refractivity contribution in [2.24, 2.45) is 0 Å². The van der Waals surface area contributed by atoms with Crippen LogP contribution in [0.25, 0.3) is 11.1 Å². The van der Waals surface area contributed by atoms with Gasteiger partial charge < -0.3 is 9.15 Å². The lowest BCUT2D eigenvalue weighted by atomic mass is 10.2. The average molecular weight is 260 g/mol. The van der Waals surface area contributed by atoms with Gasteiger partial charge in [0.2, 0.25) is 5.78 Å². The van der Waals surface area contributed by atoms with Crippen molar-refractivity contribution in [1.82, 2.24) is 9.88 Å². The highest BCUT2D eigenvalue weighted by molar-refractivity contribution is 5.94. The number of para-hydroxylation sites is 2. The van der Waals surface area contributed by atoms with Gasteiger partial charge in [-0.25, -0.2) is 4.98 Å². The molecule has 1 saturated heterocycles. The van der Waals surface area contributed by atoms with Crippen LogP contribution >= 0.6 is 0 Å². The van der Waals surface area contributed by atoms with E-state index in [9.17, 15) is 4.79 Å². The number of oxazole rings is 1. The molecule has 100 valence electrons. The van der Waals surface area contributed by atoms with Crippen molar-refractivity contribution in [3.63, 3.8) is 0 Å². The van der Waals surface area contributed by atoms with Crippen molar-refractivity contribution >= 4 is 16.9 Å². The zero-order valence-electron chi connectivity index (χ0n) is 10.7. The number of carbonyl (C=O) groups excluding carboxylic acids is 1. The molecule has 19 heavy (non-hydrogen) atoms. The average Bonchev–Trinajstić information content (AvgIpc) is 2.90. The van der Waals surface area contributed by atoms with Crippen molar-refractivity contribution < 1.29 is 13.9 Å². The summed E-state index contributed by atoms with van der Waals surface area (Å²) in [6.07, 6.45) is 0.437. The van der Waals surface area contributed by atoms with Crippen LogP contribution in [-0.2, 0) is 4.74 Å². The summed E-state index contributed by atoms with van der Waals surface area (Å²) in [6, 6.07) is 7.42. The molecule has 5 heteroatoms. The van der Waals surface area contributed by atoms with Gasteiger partial charge in [-0.1, -0.05) is 12.1 Å². The molecule has 1 aliphatic rings. The van der Waals surface area contributed by atoms with Crippen LogP contribution in [0.2, 0.25) is 0 Å². The molecule has 1 aliphatic heterocycles. The number of nitrogens with zero attached hydrogens (tertiary/aromatic N) is 2. The van der Waals surface area contributed by atoms with Gasteiger partial charge in [-0.2, -0.15) is 0 Å². The Morgan fingerprint density at radius 1 is 1.26 bits per heavy atom. The smallest absolute Gasteiger partial charge is 0.264 e. The predicted molar refractivity (Wildman–Crippen MR) is 70.2 cm³/mol. The van der Waals surface area contributed by atoms with Gasteiger partial charge in [0.15, 0.2) is 5.58 Å². The molecular formula is C14H16N2O3. The second-order valence-corrected chi connectivity index (χ2v) is 4.61. The lowest BCUT2D eigenvalue weighted by Gasteiger charge is -2.25. The topological polar surface area (TPSA) is 55.6 Å². The second kappa shape index (κ2) is 5.50. The Morgan fingerprint density at radius 2 is 2.05 bits per heavy atom. The summed E-state index contributed by atoms with van der Waals surface area (Å²) in [4.78, 5) is 18.5. The number of benzene rings is 1. The van der Waals surface area contributed by atoms with E-state index in [0.29, 0.717) is 12.0 Å². The minimum Gasteiger partial charge on any atom is -0.434 e. The van der Waals surface area contributed by atoms with Crippen molar-refractivity contribution in [3.05, 3.63) is 30.2 Å². The molecule has 0 radical (unpaired) electrons. The Hall–Kier alpha value is -1.72. The third kappa shape index (κ3) is 2.83. The number of Topliss-reactive ketones (excluding diaryl/α,β-unsaturated/α-hetero) is 1. The number of aromatic nitrogens is 1. The SMILES string of the molecule is O=C(CCN1CCOCC1)c1nc2ccccc2o1. The summed E-state index contributed by atoms with van der Waals surface area (Å²) in [5.74, 6) is 0.178. The third-order valence-corrected chi connectivity index (χ3v) is 3.29. The van der Waals surface area contributed by atoms with Crippen LogP contribution < -0.4 is 0 Å². The minimum absolute atomic E-state index is 0.0392. The Bertz CT molecular complexity index is 540. The molecule has 0 amide bonds. The fraction of sp³-hybridized carbons (Fsp3) is 0.429. The summed E-state index contributed by atoms with van der Waals surface area (Å²) in [7, 11) is 0. The van der Waals surface area contributed by atoms with Crippen LogP contribution in [0, 0.1) is 0 Å². The van der Waals surface area contributed by atoms with Gasteiger partial charge in [-0.15, -0.1) is 0 Å². The van der Waals surface area contributed by atoms with Crippen molar-refractivity contribution in [1.29, 1.82) is 0 Å². The first kappa shape index (κ1) is 12.3. The molecule has 5 nitrogen and oxygen atoms in total. The van der Waals surface area contributed by atoms with E-state index in [1.54, 1.807) is 0 Å². The first-order valence-corrected chi connectivity index (χ1v) is 6.52. The lowest BCUT2D eigenvalue weighted by Crippen LogP contribution is -2.37. The van der Waals surface area contributed by atoms with E-state index in [0.717, 1.165) is 38.4 Å². The molecule has 2 aromatic rings. The van der Waals surface area contributed by atoms with Gasteiger partial charge in [0, 0.05) is 26.1 Å². The third-order valence-electron chi connectivity index (χ3n) is 3.29. The monoisotopic (exact) mass is 260 g/mol. The maximum atomic E-state index is 12.0. The highest BCUT2D eigenvalue weighted by atomic mass is 16.5. The minimum atomic E-state index is -0.0392. The van der Waals surface area contributed by atoms with Gasteiger partial charge in [-0.05, 0) is 12.1 Å². The van der Waals surface area contributed by atoms with Gasteiger partial charge in [0.05, 0.1) is 13.2 Å². The molecule has 1 fully saturated rings. The number of ether oxygens (including phenoxy) is 1. The number of rotatable bonds is 4. The Morgan fingerprint density at radius 3 is 2.84 bits per heavy atom. The summed E-state index contributed by atoms with van der Waals surface area (Å²) >= 11 is 0.